The Morgan fingerprint density at radius 1 is 1.32 bits per heavy atom. The van der Waals surface area contributed by atoms with Crippen molar-refractivity contribution in [3.63, 3.8) is 0 Å². The monoisotopic (exact) mass is 306 g/mol. The molecule has 1 fully saturated rings. The lowest BCUT2D eigenvalue weighted by Gasteiger charge is -2.21. The zero-order valence-electron chi connectivity index (χ0n) is 13.5. The van der Waals surface area contributed by atoms with Crippen LogP contribution in [0.15, 0.2) is 12.4 Å². The van der Waals surface area contributed by atoms with E-state index in [1.54, 1.807) is 12.4 Å². The maximum atomic E-state index is 12.4. The van der Waals surface area contributed by atoms with E-state index in [2.05, 4.69) is 29.1 Å². The second kappa shape index (κ2) is 8.68. The number of hydrogen-bond donors (Lipinski definition) is 1. The molecule has 0 saturated carbocycles. The fourth-order valence-corrected chi connectivity index (χ4v) is 2.58. The number of rotatable bonds is 8. The number of anilines is 1. The highest BCUT2D eigenvalue weighted by molar-refractivity contribution is 5.93. The molecule has 2 rings (SSSR count). The number of ether oxygens (including phenoxy) is 1. The summed E-state index contributed by atoms with van der Waals surface area (Å²) in [6, 6.07) is 0. The van der Waals surface area contributed by atoms with Gasteiger partial charge in [0, 0.05) is 38.6 Å². The summed E-state index contributed by atoms with van der Waals surface area (Å²) in [5.41, 5.74) is 0.546. The largest absolute Gasteiger partial charge is 0.376 e. The summed E-state index contributed by atoms with van der Waals surface area (Å²) in [7, 11) is 0. The summed E-state index contributed by atoms with van der Waals surface area (Å²) in [6.07, 6.45) is 7.55. The van der Waals surface area contributed by atoms with Crippen molar-refractivity contribution in [1.82, 2.24) is 14.9 Å². The molecule has 1 N–H and O–H groups in total. The van der Waals surface area contributed by atoms with Gasteiger partial charge in [0.1, 0.15) is 0 Å². The maximum Gasteiger partial charge on any atom is 0.256 e. The molecule has 0 bridgehead atoms. The number of amides is 1. The molecule has 6 heteroatoms. The summed E-state index contributed by atoms with van der Waals surface area (Å²) >= 11 is 0. The minimum Gasteiger partial charge on any atom is -0.376 e. The van der Waals surface area contributed by atoms with Crippen LogP contribution in [0.2, 0.25) is 0 Å². The minimum absolute atomic E-state index is 0.00868. The molecule has 1 amide bonds. The van der Waals surface area contributed by atoms with Crippen LogP contribution in [0.5, 0.6) is 0 Å². The Morgan fingerprint density at radius 2 is 2.00 bits per heavy atom. The summed E-state index contributed by atoms with van der Waals surface area (Å²) in [5, 5.41) is 3.16. The highest BCUT2D eigenvalue weighted by atomic mass is 16.5. The lowest BCUT2D eigenvalue weighted by Crippen LogP contribution is -2.32. The average Bonchev–Trinajstić information content (AvgIpc) is 3.06. The third kappa shape index (κ3) is 4.66. The third-order valence-electron chi connectivity index (χ3n) is 3.68. The van der Waals surface area contributed by atoms with Gasteiger partial charge in [-0.2, -0.15) is 0 Å². The number of nitrogens with one attached hydrogen (secondary N) is 1. The predicted octanol–water partition coefficient (Wildman–Crippen LogP) is 2.33. The van der Waals surface area contributed by atoms with Gasteiger partial charge in [0.25, 0.3) is 5.91 Å². The van der Waals surface area contributed by atoms with Crippen LogP contribution in [0.3, 0.4) is 0 Å². The fraction of sp³-hybridized carbons (Fsp3) is 0.688. The van der Waals surface area contributed by atoms with Crippen LogP contribution in [0.25, 0.3) is 0 Å². The van der Waals surface area contributed by atoms with Gasteiger partial charge in [0.05, 0.1) is 11.7 Å². The van der Waals surface area contributed by atoms with Crippen LogP contribution >= 0.6 is 0 Å². The number of aromatic nitrogens is 2. The fourth-order valence-electron chi connectivity index (χ4n) is 2.58. The number of hydrogen-bond acceptors (Lipinski definition) is 5. The SMILES string of the molecule is CCCN(CCC)C(=O)c1cnc(NCC2CCCO2)nc1. The summed E-state index contributed by atoms with van der Waals surface area (Å²) < 4.78 is 5.54. The Bertz CT molecular complexity index is 452. The van der Waals surface area contributed by atoms with Gasteiger partial charge in [0.2, 0.25) is 5.95 Å². The molecule has 1 saturated heterocycles. The Morgan fingerprint density at radius 3 is 2.55 bits per heavy atom. The van der Waals surface area contributed by atoms with Gasteiger partial charge in [-0.15, -0.1) is 0 Å². The van der Waals surface area contributed by atoms with Crippen molar-refractivity contribution in [2.24, 2.45) is 0 Å². The van der Waals surface area contributed by atoms with Gasteiger partial charge in [-0.25, -0.2) is 9.97 Å². The van der Waals surface area contributed by atoms with Gasteiger partial charge in [-0.1, -0.05) is 13.8 Å². The van der Waals surface area contributed by atoms with E-state index in [4.69, 9.17) is 4.74 Å². The van der Waals surface area contributed by atoms with Gasteiger partial charge >= 0.3 is 0 Å². The minimum atomic E-state index is 0.00868. The molecule has 0 spiro atoms. The molecular formula is C16H26N4O2. The first-order valence-corrected chi connectivity index (χ1v) is 8.21. The van der Waals surface area contributed by atoms with Crippen LogP contribution in [0, 0.1) is 0 Å². The van der Waals surface area contributed by atoms with E-state index in [-0.39, 0.29) is 12.0 Å². The van der Waals surface area contributed by atoms with Crippen molar-refractivity contribution >= 4 is 11.9 Å². The van der Waals surface area contributed by atoms with Crippen LogP contribution in [-0.2, 0) is 4.74 Å². The highest BCUT2D eigenvalue weighted by Crippen LogP contribution is 2.12. The normalized spacial score (nSPS) is 17.5. The quantitative estimate of drug-likeness (QED) is 0.798. The first-order chi connectivity index (χ1) is 10.7. The van der Waals surface area contributed by atoms with Crippen molar-refractivity contribution in [3.05, 3.63) is 18.0 Å². The number of carbonyl (C=O) groups excluding carboxylic acids is 1. The van der Waals surface area contributed by atoms with Crippen LogP contribution in [0.4, 0.5) is 5.95 Å². The zero-order chi connectivity index (χ0) is 15.8. The van der Waals surface area contributed by atoms with Crippen molar-refractivity contribution in [1.29, 1.82) is 0 Å². The lowest BCUT2D eigenvalue weighted by molar-refractivity contribution is 0.0754. The van der Waals surface area contributed by atoms with E-state index in [1.165, 1.54) is 0 Å². The van der Waals surface area contributed by atoms with Crippen LogP contribution in [-0.4, -0.2) is 53.1 Å². The second-order valence-electron chi connectivity index (χ2n) is 5.60. The standard InChI is InChI=1S/C16H26N4O2/c1-3-7-20(8-4-2)15(21)13-10-17-16(18-11-13)19-12-14-6-5-9-22-14/h10-11,14H,3-9,12H2,1-2H3,(H,17,18,19). The Kier molecular flexibility index (Phi) is 6.58. The van der Waals surface area contributed by atoms with Crippen molar-refractivity contribution in [2.75, 3.05) is 31.6 Å². The maximum absolute atomic E-state index is 12.4. The van der Waals surface area contributed by atoms with E-state index in [0.29, 0.717) is 18.1 Å². The summed E-state index contributed by atoms with van der Waals surface area (Å²) in [6.45, 7) is 7.24. The second-order valence-corrected chi connectivity index (χ2v) is 5.60. The summed E-state index contributed by atoms with van der Waals surface area (Å²) in [4.78, 5) is 22.7. The first kappa shape index (κ1) is 16.7. The number of nitrogens with zero attached hydrogens (tertiary/aromatic N) is 3. The van der Waals surface area contributed by atoms with E-state index in [9.17, 15) is 4.79 Å². The molecule has 0 radical (unpaired) electrons. The first-order valence-electron chi connectivity index (χ1n) is 8.21. The molecule has 1 aliphatic heterocycles. The molecule has 22 heavy (non-hydrogen) atoms. The van der Waals surface area contributed by atoms with E-state index < -0.39 is 0 Å². The lowest BCUT2D eigenvalue weighted by atomic mass is 10.2. The highest BCUT2D eigenvalue weighted by Gasteiger charge is 2.17. The van der Waals surface area contributed by atoms with Crippen molar-refractivity contribution < 1.29 is 9.53 Å². The Hall–Kier alpha value is -1.69. The topological polar surface area (TPSA) is 67.4 Å². The molecule has 1 unspecified atom stereocenters. The van der Waals surface area contributed by atoms with Crippen LogP contribution in [0.1, 0.15) is 49.9 Å². The Balaban J connectivity index is 1.90. The molecule has 0 aromatic carbocycles. The summed E-state index contributed by atoms with van der Waals surface area (Å²) in [5.74, 6) is 0.555. The van der Waals surface area contributed by atoms with E-state index >= 15 is 0 Å². The van der Waals surface area contributed by atoms with E-state index in [1.807, 2.05) is 4.90 Å². The van der Waals surface area contributed by atoms with Crippen molar-refractivity contribution in [3.8, 4) is 0 Å². The predicted molar refractivity (Wildman–Crippen MR) is 86.0 cm³/mol. The van der Waals surface area contributed by atoms with Gasteiger partial charge in [0.15, 0.2) is 0 Å². The molecule has 0 aliphatic carbocycles. The average molecular weight is 306 g/mol. The molecular weight excluding hydrogens is 280 g/mol. The smallest absolute Gasteiger partial charge is 0.256 e. The molecule has 122 valence electrons. The number of carbonyl (C=O) groups is 1. The zero-order valence-corrected chi connectivity index (χ0v) is 13.5. The molecule has 1 aromatic rings. The Labute approximate surface area is 132 Å². The van der Waals surface area contributed by atoms with Gasteiger partial charge < -0.3 is 15.0 Å². The molecule has 1 aliphatic rings. The van der Waals surface area contributed by atoms with E-state index in [0.717, 1.165) is 45.4 Å². The third-order valence-corrected chi connectivity index (χ3v) is 3.68. The van der Waals surface area contributed by atoms with Crippen molar-refractivity contribution in [2.45, 2.75) is 45.6 Å². The van der Waals surface area contributed by atoms with Crippen LogP contribution < -0.4 is 5.32 Å². The molecule has 1 aromatic heterocycles. The van der Waals surface area contributed by atoms with Gasteiger partial charge in [-0.3, -0.25) is 4.79 Å². The molecule has 6 nitrogen and oxygen atoms in total. The van der Waals surface area contributed by atoms with Gasteiger partial charge in [-0.05, 0) is 25.7 Å². The molecule has 2 heterocycles. The molecule has 1 atom stereocenters.